The van der Waals surface area contributed by atoms with E-state index in [2.05, 4.69) is 93.6 Å². The van der Waals surface area contributed by atoms with E-state index in [0.29, 0.717) is 52.0 Å². The van der Waals surface area contributed by atoms with E-state index in [1.54, 1.807) is 85.0 Å². The largest absolute Gasteiger partial charge is 0.480 e. The molecule has 0 aliphatic carbocycles. The smallest absolute Gasteiger partial charge is 0.328 e. The van der Waals surface area contributed by atoms with Crippen LogP contribution in [-0.4, -0.2) is 119 Å². The highest BCUT2D eigenvalue weighted by Crippen LogP contribution is 2.64. The first kappa shape index (κ1) is 81.2. The lowest BCUT2D eigenvalue weighted by Gasteiger charge is -2.46. The van der Waals surface area contributed by atoms with Gasteiger partial charge in [0, 0.05) is 45.0 Å². The van der Waals surface area contributed by atoms with Crippen molar-refractivity contribution in [3.63, 3.8) is 0 Å². The summed E-state index contributed by atoms with van der Waals surface area (Å²) in [5.41, 5.74) is 9.40. The summed E-state index contributed by atoms with van der Waals surface area (Å²) in [5.74, 6) is -1.08. The highest BCUT2D eigenvalue weighted by Gasteiger charge is 2.45. The fourth-order valence-electron chi connectivity index (χ4n) is 7.49. The van der Waals surface area contributed by atoms with Crippen LogP contribution in [0, 0.1) is 5.41 Å². The Labute approximate surface area is 576 Å². The summed E-state index contributed by atoms with van der Waals surface area (Å²) in [7, 11) is -9.31. The third-order valence-electron chi connectivity index (χ3n) is 14.6. The zero-order valence-electron chi connectivity index (χ0n) is 53.3. The van der Waals surface area contributed by atoms with Crippen LogP contribution in [0.5, 0.6) is 0 Å². The molecule has 13 N–H and O–H groups in total. The number of nitrogens with one attached hydrogen (secondary N) is 2. The number of carboxylic acid groups (broad SMARTS) is 1. The topological polar surface area (TPSA) is 347 Å². The molecule has 0 radical (unpaired) electrons. The van der Waals surface area contributed by atoms with E-state index in [-0.39, 0.29) is 43.8 Å². The Kier molecular flexibility index (Phi) is 27.9. The van der Waals surface area contributed by atoms with Crippen LogP contribution in [0.15, 0.2) is 135 Å². The van der Waals surface area contributed by atoms with E-state index < -0.39 is 67.3 Å². The molecule has 0 aliphatic rings. The van der Waals surface area contributed by atoms with Gasteiger partial charge in [0.05, 0.1) is 58.3 Å². The van der Waals surface area contributed by atoms with Gasteiger partial charge in [-0.15, -0.1) is 0 Å². The number of alkyl halides is 2. The first-order chi connectivity index (χ1) is 41.3. The number of ketones is 2. The normalized spacial score (nSPS) is 13.3. The Bertz CT molecular complexity index is 3550. The number of carbonyl (C=O) groups is 3. The number of nitrogens with zero attached hydrogens (tertiary/aromatic N) is 5. The number of hydrogen-bond donors (Lipinski definition) is 12. The van der Waals surface area contributed by atoms with Crippen molar-refractivity contribution in [3.05, 3.63) is 158 Å². The number of benzene rings is 4. The summed E-state index contributed by atoms with van der Waals surface area (Å²) in [4.78, 5) is 43.5. The second-order valence-electron chi connectivity index (χ2n) is 24.6. The SMILES string of the molecule is CC(C)(C(=O)CBr)S(O)(O)c1ccc(Cl)cc1.CC(C)(C(=O)CBr)S(O)(O)c1ccc(Cl)cc1.CC(C)(C(=O)O)S(O)(O)c1ccc(Cl)cc1.Cn1nc(C(C)(C)C)cc1-c1ncc(C(C)(C)S(O)(O)c2ccc(Cl)cc2)[nH]1.Cn1nc(C(C)(C)C)cc1C(=N)N. The van der Waals surface area contributed by atoms with Gasteiger partial charge in [-0.3, -0.25) is 60.8 Å². The maximum Gasteiger partial charge on any atom is 0.328 e. The van der Waals surface area contributed by atoms with E-state index in [9.17, 15) is 50.8 Å². The number of aliphatic carboxylic acids is 1. The molecule has 506 valence electrons. The van der Waals surface area contributed by atoms with Crippen LogP contribution >= 0.6 is 121 Å². The van der Waals surface area contributed by atoms with Crippen LogP contribution in [-0.2, 0) is 44.1 Å². The lowest BCUT2D eigenvalue weighted by atomic mass is 9.92. The summed E-state index contributed by atoms with van der Waals surface area (Å²) in [6.45, 7) is 24.8. The average molecular weight is 1550 g/mol. The number of hydrogen-bond acceptors (Lipinski definition) is 15. The fraction of sp³-hybridized carbons (Fsp3) is 0.393. The molecule has 0 amide bonds. The summed E-state index contributed by atoms with van der Waals surface area (Å²) < 4.78 is 81.4. The molecular weight excluding hydrogens is 1470 g/mol. The number of imidazole rings is 1. The average Bonchev–Trinajstić information content (AvgIpc) is 1.84. The Morgan fingerprint density at radius 2 is 0.813 bits per heavy atom. The van der Waals surface area contributed by atoms with Crippen LogP contribution in [0.4, 0.5) is 0 Å². The first-order valence-electron chi connectivity index (χ1n) is 27.4. The second-order valence-corrected chi connectivity index (χ2v) is 37.8. The lowest BCUT2D eigenvalue weighted by molar-refractivity contribution is -0.139. The van der Waals surface area contributed by atoms with E-state index >= 15 is 0 Å². The number of H-pyrrole nitrogens is 1. The third-order valence-corrected chi connectivity index (χ3v) is 26.8. The number of carboxylic acids is 1. The highest BCUT2D eigenvalue weighted by atomic mass is 79.9. The second kappa shape index (κ2) is 31.2. The van der Waals surface area contributed by atoms with Crippen molar-refractivity contribution < 1.29 is 55.9 Å². The molecule has 0 saturated carbocycles. The maximum absolute atomic E-state index is 11.7. The standard InChI is InChI=1S/C20H27ClN4O2S.2C11H14BrClO3S.C10H13ClO4S.C9H16N4/c1-19(2,3)16-11-15(25(6)24-16)18-22-12-17(23-18)20(4,5)28(26,27)14-9-7-13(21)8-10-14;2*1-11(2,10(14)7-12)17(15,16)9-5-3-8(13)4-6-9;1-10(2,9(12)13)16(14,15)8-5-3-7(11)4-6-8;1-9(2,3)7-5-6(8(10)11)13(4)12-7/h7-12,26-27H,1-6H3,(H,22,23);2*3-6,15-16H,7H2,1-2H3;3-6,14-15H,1-2H3,(H,12,13);5H,1-4H3,(H3,10,11). The lowest BCUT2D eigenvalue weighted by Crippen LogP contribution is -2.38. The van der Waals surface area contributed by atoms with Gasteiger partial charge in [-0.05, 0) is 165 Å². The van der Waals surface area contributed by atoms with Crippen molar-refractivity contribution >= 4 is 144 Å². The van der Waals surface area contributed by atoms with Gasteiger partial charge in [0.15, 0.2) is 22.1 Å². The quantitative estimate of drug-likeness (QED) is 0.0243. The van der Waals surface area contributed by atoms with E-state index in [1.807, 2.05) is 19.2 Å². The van der Waals surface area contributed by atoms with Crippen molar-refractivity contribution in [1.82, 2.24) is 29.5 Å². The molecule has 3 aromatic heterocycles. The van der Waals surface area contributed by atoms with E-state index in [1.165, 1.54) is 90.1 Å². The molecule has 3 heterocycles. The number of aromatic nitrogens is 6. The van der Waals surface area contributed by atoms with Crippen LogP contribution in [0.2, 0.25) is 20.1 Å². The molecule has 4 aromatic carbocycles. The fourth-order valence-corrected chi connectivity index (χ4v) is 15.6. The number of rotatable bonds is 16. The van der Waals surface area contributed by atoms with Crippen molar-refractivity contribution in [2.75, 3.05) is 10.7 Å². The Morgan fingerprint density at radius 1 is 0.516 bits per heavy atom. The molecule has 0 spiro atoms. The molecule has 30 heteroatoms. The van der Waals surface area contributed by atoms with E-state index in [4.69, 9.17) is 62.7 Å². The van der Waals surface area contributed by atoms with Crippen LogP contribution in [0.1, 0.15) is 120 Å². The minimum Gasteiger partial charge on any atom is -0.480 e. The zero-order valence-corrected chi connectivity index (χ0v) is 62.8. The Morgan fingerprint density at radius 3 is 1.08 bits per heavy atom. The first-order valence-corrected chi connectivity index (χ1v) is 37.3. The Hall–Kier alpha value is -4.01. The number of amidine groups is 1. The molecule has 0 saturated heterocycles. The third kappa shape index (κ3) is 19.4. The minimum atomic E-state index is -3.41. The van der Waals surface area contributed by atoms with Gasteiger partial charge in [-0.1, -0.05) is 120 Å². The summed E-state index contributed by atoms with van der Waals surface area (Å²) in [6.07, 6.45) is 1.66. The molecule has 0 atom stereocenters. The van der Waals surface area contributed by atoms with Gasteiger partial charge in [0.1, 0.15) is 26.7 Å². The van der Waals surface area contributed by atoms with Gasteiger partial charge in [0.2, 0.25) is 0 Å². The maximum atomic E-state index is 11.7. The van der Waals surface area contributed by atoms with Gasteiger partial charge >= 0.3 is 5.97 Å². The molecular formula is C61H84Br2Cl4N8O12S4. The highest BCUT2D eigenvalue weighted by molar-refractivity contribution is 9.09. The number of aromatic amines is 1. The molecule has 0 bridgehead atoms. The zero-order chi connectivity index (χ0) is 70.2. The monoisotopic (exact) mass is 1550 g/mol. The van der Waals surface area contributed by atoms with Gasteiger partial charge < -0.3 is 15.8 Å². The van der Waals surface area contributed by atoms with Crippen molar-refractivity contribution in [3.8, 4) is 11.5 Å². The van der Waals surface area contributed by atoms with E-state index in [0.717, 1.165) is 17.1 Å². The number of Topliss-reactive ketones (excluding diaryl/α,β-unsaturated/α-hetero) is 2. The summed E-state index contributed by atoms with van der Waals surface area (Å²) >= 11 is 29.2. The predicted octanol–water partition coefficient (Wildman–Crippen LogP) is 18.5. The summed E-state index contributed by atoms with van der Waals surface area (Å²) in [6, 6.07) is 28.7. The number of carbonyl (C=O) groups excluding carboxylic acids is 2. The minimum absolute atomic E-state index is 0.00542. The van der Waals surface area contributed by atoms with Gasteiger partial charge in [-0.25, -0.2) is 9.78 Å². The van der Waals surface area contributed by atoms with Gasteiger partial charge in [0.25, 0.3) is 0 Å². The summed E-state index contributed by atoms with van der Waals surface area (Å²) in [5, 5.41) is 27.4. The molecule has 0 unspecified atom stereocenters. The van der Waals surface area contributed by atoms with Crippen molar-refractivity contribution in [2.24, 2.45) is 19.8 Å². The number of nitrogen functional groups attached to an aromatic ring is 1. The number of nitrogens with two attached hydrogens (primary N) is 1. The van der Waals surface area contributed by atoms with Crippen LogP contribution in [0.3, 0.4) is 0 Å². The molecule has 7 aromatic rings. The Balaban J connectivity index is 0.000000306. The van der Waals surface area contributed by atoms with Crippen LogP contribution < -0.4 is 5.73 Å². The van der Waals surface area contributed by atoms with Gasteiger partial charge in [-0.2, -0.15) is 52.6 Å². The predicted molar refractivity (Wildman–Crippen MR) is 383 cm³/mol. The van der Waals surface area contributed by atoms with Crippen molar-refractivity contribution in [1.29, 1.82) is 5.41 Å². The van der Waals surface area contributed by atoms with Crippen LogP contribution in [0.25, 0.3) is 11.5 Å². The number of halogens is 6. The molecule has 91 heavy (non-hydrogen) atoms. The number of aryl methyl sites for hydroxylation is 2. The molecule has 7 rings (SSSR count). The molecule has 0 aliphatic heterocycles. The molecule has 0 fully saturated rings. The molecule has 20 nitrogen and oxygen atoms in total. The van der Waals surface area contributed by atoms with Crippen molar-refractivity contribution in [2.45, 2.75) is 146 Å².